The van der Waals surface area contributed by atoms with E-state index < -0.39 is 10.0 Å². The molecule has 114 valence electrons. The molecule has 1 saturated heterocycles. The van der Waals surface area contributed by atoms with E-state index in [0.29, 0.717) is 6.54 Å². The minimum absolute atomic E-state index is 0.0295. The Hall–Kier alpha value is -1.49. The van der Waals surface area contributed by atoms with Crippen LogP contribution in [0, 0.1) is 11.3 Å². The molecule has 1 fully saturated rings. The molecule has 6 nitrogen and oxygen atoms in total. The first kappa shape index (κ1) is 15.9. The van der Waals surface area contributed by atoms with Crippen LogP contribution in [0.2, 0.25) is 0 Å². The monoisotopic (exact) mass is 308 g/mol. The molecule has 0 saturated carbocycles. The highest BCUT2D eigenvalue weighted by molar-refractivity contribution is 7.89. The molecular formula is C14H20N4O2S. The van der Waals surface area contributed by atoms with Crippen molar-refractivity contribution >= 4 is 10.0 Å². The number of hydrogen-bond acceptors (Lipinski definition) is 5. The summed E-state index contributed by atoms with van der Waals surface area (Å²) < 4.78 is 27.2. The quantitative estimate of drug-likeness (QED) is 0.834. The Bertz CT molecular complexity index is 621. The van der Waals surface area contributed by atoms with Gasteiger partial charge in [-0.1, -0.05) is 6.92 Å². The summed E-state index contributed by atoms with van der Waals surface area (Å²) in [5.74, 6) is 0. The van der Waals surface area contributed by atoms with Crippen molar-refractivity contribution < 1.29 is 8.42 Å². The maximum atomic E-state index is 12.8. The summed E-state index contributed by atoms with van der Waals surface area (Å²) in [7, 11) is -1.54. The third-order valence-electron chi connectivity index (χ3n) is 3.78. The van der Waals surface area contributed by atoms with Gasteiger partial charge in [0.2, 0.25) is 10.0 Å². The van der Waals surface area contributed by atoms with Crippen molar-refractivity contribution in [3.8, 4) is 6.07 Å². The summed E-state index contributed by atoms with van der Waals surface area (Å²) in [6.45, 7) is 4.15. The van der Waals surface area contributed by atoms with Gasteiger partial charge in [0.15, 0.2) is 0 Å². The fraction of sp³-hybridized carbons (Fsp3) is 0.571. The van der Waals surface area contributed by atoms with Gasteiger partial charge in [-0.15, -0.1) is 0 Å². The van der Waals surface area contributed by atoms with E-state index in [2.05, 4.69) is 9.88 Å². The molecule has 0 aliphatic carbocycles. The van der Waals surface area contributed by atoms with Gasteiger partial charge >= 0.3 is 0 Å². The van der Waals surface area contributed by atoms with Gasteiger partial charge in [0.1, 0.15) is 16.7 Å². The average molecular weight is 308 g/mol. The molecule has 2 rings (SSSR count). The van der Waals surface area contributed by atoms with Gasteiger partial charge in [0.05, 0.1) is 0 Å². The second-order valence-electron chi connectivity index (χ2n) is 5.28. The normalized spacial score (nSPS) is 21.7. The molecule has 2 heterocycles. The summed E-state index contributed by atoms with van der Waals surface area (Å²) in [6.07, 6.45) is 2.86. The van der Waals surface area contributed by atoms with E-state index in [0.717, 1.165) is 25.9 Å². The van der Waals surface area contributed by atoms with Gasteiger partial charge in [-0.2, -0.15) is 9.57 Å². The van der Waals surface area contributed by atoms with E-state index in [4.69, 9.17) is 5.26 Å². The number of rotatable bonds is 3. The van der Waals surface area contributed by atoms with Crippen molar-refractivity contribution in [2.45, 2.75) is 30.7 Å². The Morgan fingerprint density at radius 2 is 2.19 bits per heavy atom. The predicted octanol–water partition coefficient (Wildman–Crippen LogP) is 1.06. The highest BCUT2D eigenvalue weighted by Gasteiger charge is 2.32. The largest absolute Gasteiger partial charge is 0.305 e. The van der Waals surface area contributed by atoms with E-state index in [1.54, 1.807) is 4.31 Å². The molecule has 1 atom stereocenters. The van der Waals surface area contributed by atoms with Crippen LogP contribution in [-0.4, -0.2) is 55.3 Å². The Labute approximate surface area is 126 Å². The average Bonchev–Trinajstić information content (AvgIpc) is 2.68. The summed E-state index contributed by atoms with van der Waals surface area (Å²) in [4.78, 5) is 6.19. The number of pyridine rings is 1. The van der Waals surface area contributed by atoms with Crippen LogP contribution in [0.4, 0.5) is 0 Å². The lowest BCUT2D eigenvalue weighted by Gasteiger charge is -2.29. The fourth-order valence-electron chi connectivity index (χ4n) is 2.60. The van der Waals surface area contributed by atoms with Crippen LogP contribution in [0.1, 0.15) is 25.5 Å². The van der Waals surface area contributed by atoms with Gasteiger partial charge in [-0.05, 0) is 38.6 Å². The van der Waals surface area contributed by atoms with Crippen LogP contribution in [0.15, 0.2) is 23.2 Å². The van der Waals surface area contributed by atoms with Crippen LogP contribution >= 0.6 is 0 Å². The molecule has 0 spiro atoms. The molecule has 0 amide bonds. The zero-order valence-corrected chi connectivity index (χ0v) is 13.2. The summed E-state index contributed by atoms with van der Waals surface area (Å²) in [6, 6.07) is 4.77. The minimum Gasteiger partial charge on any atom is -0.305 e. The highest BCUT2D eigenvalue weighted by atomic mass is 32.2. The smallest absolute Gasteiger partial charge is 0.244 e. The number of hydrogen-bond donors (Lipinski definition) is 0. The Morgan fingerprint density at radius 3 is 2.76 bits per heavy atom. The molecule has 0 bridgehead atoms. The molecule has 21 heavy (non-hydrogen) atoms. The van der Waals surface area contributed by atoms with Crippen molar-refractivity contribution in [2.24, 2.45) is 0 Å². The number of sulfonamides is 1. The van der Waals surface area contributed by atoms with Crippen LogP contribution in [0.5, 0.6) is 0 Å². The molecule has 1 aromatic rings. The van der Waals surface area contributed by atoms with Gasteiger partial charge in [0, 0.05) is 25.3 Å². The third-order valence-corrected chi connectivity index (χ3v) is 5.71. The first-order valence-electron chi connectivity index (χ1n) is 7.05. The summed E-state index contributed by atoms with van der Waals surface area (Å²) in [5.41, 5.74) is 0.219. The molecule has 0 N–H and O–H groups in total. The van der Waals surface area contributed by atoms with Gasteiger partial charge in [-0.3, -0.25) is 0 Å². The Kier molecular flexibility index (Phi) is 4.93. The lowest BCUT2D eigenvalue weighted by Crippen LogP contribution is -2.43. The molecular weight excluding hydrogens is 288 g/mol. The van der Waals surface area contributed by atoms with Gasteiger partial charge in [-0.25, -0.2) is 13.4 Å². The molecule has 1 aromatic heterocycles. The van der Waals surface area contributed by atoms with Gasteiger partial charge in [0.25, 0.3) is 0 Å². The van der Waals surface area contributed by atoms with Crippen molar-refractivity contribution in [1.82, 2.24) is 14.2 Å². The van der Waals surface area contributed by atoms with Crippen LogP contribution in [0.25, 0.3) is 0 Å². The Balaban J connectivity index is 2.33. The third kappa shape index (κ3) is 3.40. The van der Waals surface area contributed by atoms with Gasteiger partial charge < -0.3 is 4.90 Å². The molecule has 0 aromatic carbocycles. The lowest BCUT2D eigenvalue weighted by molar-refractivity contribution is 0.270. The molecule has 0 radical (unpaired) electrons. The van der Waals surface area contributed by atoms with Crippen molar-refractivity contribution in [2.75, 3.05) is 26.7 Å². The van der Waals surface area contributed by atoms with Crippen molar-refractivity contribution in [3.63, 3.8) is 0 Å². The van der Waals surface area contributed by atoms with Crippen LogP contribution in [-0.2, 0) is 10.0 Å². The van der Waals surface area contributed by atoms with E-state index >= 15 is 0 Å². The Morgan fingerprint density at radius 1 is 1.43 bits per heavy atom. The number of nitrogens with zero attached hydrogens (tertiary/aromatic N) is 4. The van der Waals surface area contributed by atoms with E-state index in [-0.39, 0.29) is 16.6 Å². The number of aromatic nitrogens is 1. The second-order valence-corrected chi connectivity index (χ2v) is 7.18. The standard InChI is InChI=1S/C14H20N4O2S/c1-3-13-11-17(2)7-4-8-18(13)21(19,20)14-6-5-12(9-15)16-10-14/h5-6,10,13H,3-4,7-8,11H2,1-2H3. The first-order valence-corrected chi connectivity index (χ1v) is 8.49. The zero-order chi connectivity index (χ0) is 15.5. The molecule has 1 aliphatic heterocycles. The van der Waals surface area contributed by atoms with E-state index in [9.17, 15) is 8.42 Å². The SMILES string of the molecule is CCC1CN(C)CCCN1S(=O)(=O)c1ccc(C#N)nc1. The van der Waals surface area contributed by atoms with Crippen LogP contribution < -0.4 is 0 Å². The maximum absolute atomic E-state index is 12.8. The molecule has 1 aliphatic rings. The topological polar surface area (TPSA) is 77.3 Å². The zero-order valence-electron chi connectivity index (χ0n) is 12.4. The highest BCUT2D eigenvalue weighted by Crippen LogP contribution is 2.22. The molecule has 1 unspecified atom stereocenters. The lowest BCUT2D eigenvalue weighted by atomic mass is 10.2. The van der Waals surface area contributed by atoms with Crippen molar-refractivity contribution in [1.29, 1.82) is 5.26 Å². The second kappa shape index (κ2) is 6.52. The minimum atomic E-state index is -3.56. The van der Waals surface area contributed by atoms with Crippen LogP contribution in [0.3, 0.4) is 0 Å². The fourth-order valence-corrected chi connectivity index (χ4v) is 4.28. The first-order chi connectivity index (χ1) is 9.98. The van der Waals surface area contributed by atoms with E-state index in [1.165, 1.54) is 18.3 Å². The predicted molar refractivity (Wildman–Crippen MR) is 79.0 cm³/mol. The maximum Gasteiger partial charge on any atom is 0.244 e. The number of nitriles is 1. The van der Waals surface area contributed by atoms with Crippen molar-refractivity contribution in [3.05, 3.63) is 24.0 Å². The summed E-state index contributed by atoms with van der Waals surface area (Å²) in [5, 5.41) is 8.75. The molecule has 7 heteroatoms. The van der Waals surface area contributed by atoms with E-state index in [1.807, 2.05) is 20.0 Å². The number of likely N-dealkylation sites (N-methyl/N-ethyl adjacent to an activating group) is 1. The summed E-state index contributed by atoms with van der Waals surface area (Å²) >= 11 is 0.